The van der Waals surface area contributed by atoms with Crippen LogP contribution in [0.25, 0.3) is 0 Å². The molecule has 0 aromatic heterocycles. The molecule has 3 aliphatic heterocycles. The molecule has 1 fully saturated rings. The predicted octanol–water partition coefficient (Wildman–Crippen LogP) is 4.45. The maximum atomic E-state index is 12.1. The predicted molar refractivity (Wildman–Crippen MR) is 123 cm³/mol. The Bertz CT molecular complexity index is 898. The van der Waals surface area contributed by atoms with Gasteiger partial charge in [-0.05, 0) is 56.9 Å². The third-order valence-corrected chi connectivity index (χ3v) is 6.36. The number of nitrogens with one attached hydrogen (secondary N) is 1. The van der Waals surface area contributed by atoms with Crippen molar-refractivity contribution in [3.8, 4) is 0 Å². The molecule has 0 radical (unpaired) electrons. The lowest BCUT2D eigenvalue weighted by Crippen LogP contribution is -2.49. The van der Waals surface area contributed by atoms with E-state index in [0.717, 1.165) is 49.5 Å². The summed E-state index contributed by atoms with van der Waals surface area (Å²) in [5, 5.41) is 3.04. The average Bonchev–Trinajstić information content (AvgIpc) is 3.02. The van der Waals surface area contributed by atoms with Crippen LogP contribution in [0.5, 0.6) is 0 Å². The van der Waals surface area contributed by atoms with Crippen LogP contribution >= 0.6 is 0 Å². The second-order valence-electron chi connectivity index (χ2n) is 8.86. The van der Waals surface area contributed by atoms with E-state index in [1.807, 2.05) is 6.07 Å². The topological polar surface area (TPSA) is 44.8 Å². The molecule has 160 valence electrons. The fourth-order valence-corrected chi connectivity index (χ4v) is 5.19. The highest BCUT2D eigenvalue weighted by atomic mass is 16.5. The van der Waals surface area contributed by atoms with E-state index in [4.69, 9.17) is 4.74 Å². The van der Waals surface area contributed by atoms with Crippen molar-refractivity contribution in [2.75, 3.05) is 43.0 Å². The number of likely N-dealkylation sites (tertiary alicyclic amines) is 1. The molecule has 1 aromatic carbocycles. The highest BCUT2D eigenvalue weighted by Gasteiger charge is 2.44. The number of carbonyl (C=O) groups excluding carboxylic acids is 1. The molecule has 1 amide bonds. The fourth-order valence-electron chi connectivity index (χ4n) is 5.19. The van der Waals surface area contributed by atoms with Gasteiger partial charge in [0.1, 0.15) is 5.76 Å². The zero-order chi connectivity index (χ0) is 21.3. The maximum absolute atomic E-state index is 12.1. The van der Waals surface area contributed by atoms with Gasteiger partial charge in [0.2, 0.25) is 5.91 Å². The standard InChI is InChI=1S/C25H33N3O2/c1-5-23(18(4)14-17(2)3)30-13-7-11-27-12-10-22-20(15-27)19-8-6-9-21-25(19)28(22)16-24(29)26-21/h5-6,8-9,14,20,22H,1,7,10-13,15-16H2,2-4H3,(H,26,29)/b23-18+. The van der Waals surface area contributed by atoms with Gasteiger partial charge in [0, 0.05) is 31.6 Å². The Balaban J connectivity index is 1.35. The quantitative estimate of drug-likeness (QED) is 0.412. The van der Waals surface area contributed by atoms with Gasteiger partial charge in [-0.3, -0.25) is 4.79 Å². The number of ether oxygens (including phenoxy) is 1. The second kappa shape index (κ2) is 8.68. The minimum atomic E-state index is 0.106. The molecule has 1 aromatic rings. The van der Waals surface area contributed by atoms with Gasteiger partial charge in [0.25, 0.3) is 0 Å². The minimum absolute atomic E-state index is 0.106. The van der Waals surface area contributed by atoms with Gasteiger partial charge in [-0.2, -0.15) is 0 Å². The van der Waals surface area contributed by atoms with Crippen LogP contribution in [0.1, 0.15) is 45.1 Å². The zero-order valence-corrected chi connectivity index (χ0v) is 18.4. The zero-order valence-electron chi connectivity index (χ0n) is 18.4. The maximum Gasteiger partial charge on any atom is 0.243 e. The summed E-state index contributed by atoms with van der Waals surface area (Å²) in [5.74, 6) is 1.46. The lowest BCUT2D eigenvalue weighted by molar-refractivity contribution is -0.115. The van der Waals surface area contributed by atoms with E-state index < -0.39 is 0 Å². The van der Waals surface area contributed by atoms with Crippen LogP contribution in [0.3, 0.4) is 0 Å². The van der Waals surface area contributed by atoms with Crippen molar-refractivity contribution in [3.63, 3.8) is 0 Å². The molecule has 5 heteroatoms. The molecule has 1 saturated heterocycles. The van der Waals surface area contributed by atoms with E-state index in [2.05, 4.69) is 60.7 Å². The molecule has 4 rings (SSSR count). The summed E-state index contributed by atoms with van der Waals surface area (Å²) in [5.41, 5.74) is 6.01. The SMILES string of the molecule is C=C/C(OCCCN1CCC2C(C1)c1cccc3c1N2CC(=O)N3)=C(/C)C=C(C)C. The van der Waals surface area contributed by atoms with Gasteiger partial charge in [0.15, 0.2) is 0 Å². The van der Waals surface area contributed by atoms with E-state index in [9.17, 15) is 4.79 Å². The van der Waals surface area contributed by atoms with Gasteiger partial charge < -0.3 is 19.9 Å². The first-order valence-corrected chi connectivity index (χ1v) is 11.0. The molecule has 5 nitrogen and oxygen atoms in total. The van der Waals surface area contributed by atoms with Crippen molar-refractivity contribution >= 4 is 17.3 Å². The van der Waals surface area contributed by atoms with E-state index in [-0.39, 0.29) is 5.91 Å². The monoisotopic (exact) mass is 407 g/mol. The van der Waals surface area contributed by atoms with Gasteiger partial charge in [-0.25, -0.2) is 0 Å². The smallest absolute Gasteiger partial charge is 0.243 e. The Morgan fingerprint density at radius 1 is 1.33 bits per heavy atom. The molecule has 3 aliphatic rings. The molecule has 0 bridgehead atoms. The van der Waals surface area contributed by atoms with Crippen LogP contribution < -0.4 is 10.2 Å². The van der Waals surface area contributed by atoms with E-state index >= 15 is 0 Å². The van der Waals surface area contributed by atoms with Crippen LogP contribution in [0, 0.1) is 0 Å². The van der Waals surface area contributed by atoms with Gasteiger partial charge in [-0.15, -0.1) is 0 Å². The van der Waals surface area contributed by atoms with E-state index in [0.29, 0.717) is 25.1 Å². The number of benzene rings is 1. The van der Waals surface area contributed by atoms with Crippen LogP contribution in [0.15, 0.2) is 53.8 Å². The lowest BCUT2D eigenvalue weighted by atomic mass is 9.89. The van der Waals surface area contributed by atoms with Crippen molar-refractivity contribution < 1.29 is 9.53 Å². The Morgan fingerprint density at radius 2 is 2.17 bits per heavy atom. The number of amides is 1. The Labute approximate surface area is 180 Å². The van der Waals surface area contributed by atoms with Crippen molar-refractivity contribution in [3.05, 3.63) is 59.4 Å². The number of carbonyl (C=O) groups is 1. The number of hydrogen-bond donors (Lipinski definition) is 1. The molecule has 0 aliphatic carbocycles. The number of fused-ring (bicyclic) bond motifs is 3. The fraction of sp³-hybridized carbons (Fsp3) is 0.480. The average molecular weight is 408 g/mol. The van der Waals surface area contributed by atoms with Crippen LogP contribution in [0.4, 0.5) is 11.4 Å². The Morgan fingerprint density at radius 3 is 2.93 bits per heavy atom. The summed E-state index contributed by atoms with van der Waals surface area (Å²) in [6.45, 7) is 14.5. The molecule has 1 N–H and O–H groups in total. The summed E-state index contributed by atoms with van der Waals surface area (Å²) >= 11 is 0. The van der Waals surface area contributed by atoms with Gasteiger partial charge in [0.05, 0.1) is 24.5 Å². The number of rotatable bonds is 7. The summed E-state index contributed by atoms with van der Waals surface area (Å²) in [6, 6.07) is 6.79. The molecule has 0 saturated carbocycles. The normalized spacial score (nSPS) is 23.2. The van der Waals surface area contributed by atoms with E-state index in [1.54, 1.807) is 6.08 Å². The minimum Gasteiger partial charge on any atom is -0.493 e. The Kier molecular flexibility index (Phi) is 6.00. The Hall–Kier alpha value is -2.53. The van der Waals surface area contributed by atoms with Gasteiger partial charge >= 0.3 is 0 Å². The summed E-state index contributed by atoms with van der Waals surface area (Å²) in [7, 11) is 0. The number of piperidine rings is 1. The number of hydrogen-bond acceptors (Lipinski definition) is 4. The first-order chi connectivity index (χ1) is 14.5. The summed E-state index contributed by atoms with van der Waals surface area (Å²) in [6.07, 6.45) is 6.03. The van der Waals surface area contributed by atoms with E-state index in [1.165, 1.54) is 16.8 Å². The van der Waals surface area contributed by atoms with Gasteiger partial charge in [-0.1, -0.05) is 30.4 Å². The summed E-state index contributed by atoms with van der Waals surface area (Å²) < 4.78 is 5.99. The highest BCUT2D eigenvalue weighted by Crippen LogP contribution is 2.49. The third-order valence-electron chi connectivity index (χ3n) is 6.36. The van der Waals surface area contributed by atoms with Crippen LogP contribution in [0.2, 0.25) is 0 Å². The third kappa shape index (κ3) is 4.04. The van der Waals surface area contributed by atoms with Crippen molar-refractivity contribution in [1.29, 1.82) is 0 Å². The lowest BCUT2D eigenvalue weighted by Gasteiger charge is -2.39. The number of para-hydroxylation sites is 1. The molecular weight excluding hydrogens is 374 g/mol. The number of anilines is 2. The van der Waals surface area contributed by atoms with Crippen molar-refractivity contribution in [1.82, 2.24) is 4.90 Å². The second-order valence-corrected chi connectivity index (χ2v) is 8.86. The largest absolute Gasteiger partial charge is 0.493 e. The first kappa shape index (κ1) is 20.7. The number of allylic oxidation sites excluding steroid dienone is 4. The van der Waals surface area contributed by atoms with Crippen LogP contribution in [-0.4, -0.2) is 49.6 Å². The number of nitrogens with zero attached hydrogens (tertiary/aromatic N) is 2. The molecular formula is C25H33N3O2. The molecule has 2 atom stereocenters. The van der Waals surface area contributed by atoms with Crippen LogP contribution in [-0.2, 0) is 9.53 Å². The first-order valence-electron chi connectivity index (χ1n) is 11.0. The molecule has 2 unspecified atom stereocenters. The van der Waals surface area contributed by atoms with Crippen molar-refractivity contribution in [2.45, 2.75) is 45.6 Å². The molecule has 3 heterocycles. The molecule has 30 heavy (non-hydrogen) atoms. The molecule has 0 spiro atoms. The van der Waals surface area contributed by atoms with Crippen molar-refractivity contribution in [2.24, 2.45) is 0 Å². The summed E-state index contributed by atoms with van der Waals surface area (Å²) in [4.78, 5) is 17.0. The highest BCUT2D eigenvalue weighted by molar-refractivity contribution is 6.03.